The van der Waals surface area contributed by atoms with Crippen molar-refractivity contribution in [1.29, 1.82) is 0 Å². The Morgan fingerprint density at radius 1 is 1.25 bits per heavy atom. The van der Waals surface area contributed by atoms with Crippen LogP contribution in [0.25, 0.3) is 0 Å². The number of carbonyl (C=O) groups is 1. The van der Waals surface area contributed by atoms with E-state index < -0.39 is 10.8 Å². The summed E-state index contributed by atoms with van der Waals surface area (Å²) in [5, 5.41) is 3.06. The molecule has 1 N–H and O–H groups in total. The van der Waals surface area contributed by atoms with Crippen molar-refractivity contribution in [3.8, 4) is 0 Å². The third kappa shape index (κ3) is 5.29. The molecule has 0 aliphatic carbocycles. The van der Waals surface area contributed by atoms with Crippen molar-refractivity contribution in [3.63, 3.8) is 0 Å². The number of hydrogen-bond acceptors (Lipinski definition) is 3. The summed E-state index contributed by atoms with van der Waals surface area (Å²) < 4.78 is 11.9. The SMILES string of the molecule is CSCC[C@H](C)NC(=O)c1ccc([S@](=O)C(C)C)cc1. The minimum absolute atomic E-state index is 0.0690. The number of carbonyl (C=O) groups excluding carboxylic acids is 1. The second-order valence-electron chi connectivity index (χ2n) is 5.03. The molecular weight excluding hydrogens is 290 g/mol. The average Bonchev–Trinajstić information content (AvgIpc) is 2.44. The Morgan fingerprint density at radius 3 is 2.35 bits per heavy atom. The Balaban J connectivity index is 2.64. The smallest absolute Gasteiger partial charge is 0.251 e. The predicted molar refractivity (Wildman–Crippen MR) is 87.9 cm³/mol. The number of benzene rings is 1. The van der Waals surface area contributed by atoms with E-state index in [0.717, 1.165) is 17.1 Å². The van der Waals surface area contributed by atoms with Crippen LogP contribution in [0.15, 0.2) is 29.2 Å². The van der Waals surface area contributed by atoms with E-state index in [1.54, 1.807) is 36.0 Å². The van der Waals surface area contributed by atoms with Crippen LogP contribution in [0.5, 0.6) is 0 Å². The lowest BCUT2D eigenvalue weighted by atomic mass is 10.2. The summed E-state index contributed by atoms with van der Waals surface area (Å²) in [5.74, 6) is 0.966. The number of thioether (sulfide) groups is 1. The van der Waals surface area contributed by atoms with Crippen molar-refractivity contribution in [1.82, 2.24) is 5.32 Å². The molecule has 5 heteroatoms. The van der Waals surface area contributed by atoms with E-state index in [1.807, 2.05) is 20.8 Å². The van der Waals surface area contributed by atoms with E-state index in [2.05, 4.69) is 11.6 Å². The summed E-state index contributed by atoms with van der Waals surface area (Å²) in [6.07, 6.45) is 3.02. The van der Waals surface area contributed by atoms with Crippen LogP contribution in [0.1, 0.15) is 37.6 Å². The molecule has 0 saturated carbocycles. The van der Waals surface area contributed by atoms with Crippen LogP contribution in [-0.2, 0) is 10.8 Å². The fourth-order valence-electron chi connectivity index (χ4n) is 1.69. The Kier molecular flexibility index (Phi) is 7.30. The van der Waals surface area contributed by atoms with Crippen molar-refractivity contribution in [2.45, 2.75) is 43.4 Å². The van der Waals surface area contributed by atoms with Crippen LogP contribution < -0.4 is 5.32 Å². The maximum absolute atomic E-state index is 12.0. The summed E-state index contributed by atoms with van der Waals surface area (Å²) in [6.45, 7) is 5.85. The molecular formula is C15H23NO2S2. The van der Waals surface area contributed by atoms with Gasteiger partial charge in [-0.1, -0.05) is 13.8 Å². The van der Waals surface area contributed by atoms with Crippen molar-refractivity contribution in [2.75, 3.05) is 12.0 Å². The summed E-state index contributed by atoms with van der Waals surface area (Å²) in [4.78, 5) is 12.8. The molecule has 1 rings (SSSR count). The van der Waals surface area contributed by atoms with Gasteiger partial charge in [0.2, 0.25) is 0 Å². The van der Waals surface area contributed by atoms with Crippen LogP contribution in [0.4, 0.5) is 0 Å². The Hall–Kier alpha value is -0.810. The van der Waals surface area contributed by atoms with Gasteiger partial charge < -0.3 is 5.32 Å². The third-order valence-corrected chi connectivity index (χ3v) is 5.15. The molecule has 3 nitrogen and oxygen atoms in total. The molecule has 0 aliphatic rings. The van der Waals surface area contributed by atoms with Crippen LogP contribution in [0.2, 0.25) is 0 Å². The molecule has 1 amide bonds. The third-order valence-electron chi connectivity index (χ3n) is 2.91. The average molecular weight is 313 g/mol. The minimum Gasteiger partial charge on any atom is -0.350 e. The van der Waals surface area contributed by atoms with E-state index in [1.165, 1.54) is 0 Å². The lowest BCUT2D eigenvalue weighted by Crippen LogP contribution is -2.32. The quantitative estimate of drug-likeness (QED) is 0.841. The van der Waals surface area contributed by atoms with Crippen LogP contribution in [-0.4, -0.2) is 33.4 Å². The molecule has 0 fully saturated rings. The first-order valence-electron chi connectivity index (χ1n) is 6.76. The van der Waals surface area contributed by atoms with Gasteiger partial charge in [-0.15, -0.1) is 0 Å². The molecule has 2 atom stereocenters. The molecule has 1 aromatic rings. The normalized spacial score (nSPS) is 14.1. The van der Waals surface area contributed by atoms with E-state index in [0.29, 0.717) is 5.56 Å². The fraction of sp³-hybridized carbons (Fsp3) is 0.533. The van der Waals surface area contributed by atoms with E-state index in [-0.39, 0.29) is 17.2 Å². The van der Waals surface area contributed by atoms with E-state index >= 15 is 0 Å². The highest BCUT2D eigenvalue weighted by Crippen LogP contribution is 2.13. The lowest BCUT2D eigenvalue weighted by Gasteiger charge is -2.13. The van der Waals surface area contributed by atoms with Gasteiger partial charge in [-0.25, -0.2) is 0 Å². The fourth-order valence-corrected chi connectivity index (χ4v) is 3.22. The minimum atomic E-state index is -1.01. The number of hydrogen-bond donors (Lipinski definition) is 1. The van der Waals surface area contributed by atoms with Gasteiger partial charge in [0.05, 0.1) is 10.8 Å². The highest BCUT2D eigenvalue weighted by atomic mass is 32.2. The van der Waals surface area contributed by atoms with Gasteiger partial charge in [0, 0.05) is 21.8 Å². The Bertz CT molecular complexity index is 457. The molecule has 0 aliphatic heterocycles. The second-order valence-corrected chi connectivity index (χ2v) is 8.02. The molecule has 112 valence electrons. The molecule has 1 aromatic carbocycles. The molecule has 0 unspecified atom stereocenters. The highest BCUT2D eigenvalue weighted by Gasteiger charge is 2.12. The van der Waals surface area contributed by atoms with Gasteiger partial charge in [-0.2, -0.15) is 11.8 Å². The van der Waals surface area contributed by atoms with Gasteiger partial charge in [-0.05, 0) is 49.6 Å². The van der Waals surface area contributed by atoms with E-state index in [4.69, 9.17) is 0 Å². The van der Waals surface area contributed by atoms with Crippen LogP contribution >= 0.6 is 11.8 Å². The molecule has 0 radical (unpaired) electrons. The van der Waals surface area contributed by atoms with Crippen molar-refractivity contribution < 1.29 is 9.00 Å². The first-order valence-corrected chi connectivity index (χ1v) is 9.36. The van der Waals surface area contributed by atoms with Gasteiger partial charge in [0.15, 0.2) is 0 Å². The zero-order valence-corrected chi connectivity index (χ0v) is 14.1. The van der Waals surface area contributed by atoms with Crippen LogP contribution in [0.3, 0.4) is 0 Å². The van der Waals surface area contributed by atoms with Crippen LogP contribution in [0, 0.1) is 0 Å². The predicted octanol–water partition coefficient (Wildman–Crippen LogP) is 3.07. The first-order chi connectivity index (χ1) is 9.45. The summed E-state index contributed by atoms with van der Waals surface area (Å²) in [6, 6.07) is 7.20. The summed E-state index contributed by atoms with van der Waals surface area (Å²) in [7, 11) is -1.01. The molecule has 0 heterocycles. The van der Waals surface area contributed by atoms with E-state index in [9.17, 15) is 9.00 Å². The monoisotopic (exact) mass is 313 g/mol. The van der Waals surface area contributed by atoms with Crippen molar-refractivity contribution in [2.24, 2.45) is 0 Å². The number of nitrogens with one attached hydrogen (secondary N) is 1. The van der Waals surface area contributed by atoms with Gasteiger partial charge in [0.1, 0.15) is 0 Å². The standard InChI is InChI=1S/C15H23NO2S2/c1-11(2)20(18)14-7-5-13(6-8-14)15(17)16-12(3)9-10-19-4/h5-8,11-12H,9-10H2,1-4H3,(H,16,17)/t12-,20+/m0/s1. The number of amides is 1. The van der Waals surface area contributed by atoms with Crippen molar-refractivity contribution >= 4 is 28.5 Å². The summed E-state index contributed by atoms with van der Waals surface area (Å²) in [5.41, 5.74) is 0.616. The second kappa shape index (κ2) is 8.47. The Morgan fingerprint density at radius 2 is 1.85 bits per heavy atom. The maximum Gasteiger partial charge on any atom is 0.251 e. The largest absolute Gasteiger partial charge is 0.350 e. The topological polar surface area (TPSA) is 46.2 Å². The van der Waals surface area contributed by atoms with Gasteiger partial charge in [-0.3, -0.25) is 9.00 Å². The molecule has 20 heavy (non-hydrogen) atoms. The number of rotatable bonds is 7. The Labute approximate surface area is 128 Å². The molecule has 0 saturated heterocycles. The molecule has 0 aromatic heterocycles. The zero-order valence-electron chi connectivity index (χ0n) is 12.5. The molecule has 0 bridgehead atoms. The molecule has 0 spiro atoms. The van der Waals surface area contributed by atoms with Gasteiger partial charge >= 0.3 is 0 Å². The lowest BCUT2D eigenvalue weighted by molar-refractivity contribution is 0.0939. The van der Waals surface area contributed by atoms with Crippen molar-refractivity contribution in [3.05, 3.63) is 29.8 Å². The first kappa shape index (κ1) is 17.2. The zero-order chi connectivity index (χ0) is 15.1. The maximum atomic E-state index is 12.0. The highest BCUT2D eigenvalue weighted by molar-refractivity contribution is 7.98. The van der Waals surface area contributed by atoms with Gasteiger partial charge in [0.25, 0.3) is 5.91 Å². The summed E-state index contributed by atoms with van der Waals surface area (Å²) >= 11 is 1.78.